The van der Waals surface area contributed by atoms with E-state index in [0.717, 1.165) is 10.2 Å². The van der Waals surface area contributed by atoms with Crippen LogP contribution in [0.3, 0.4) is 0 Å². The van der Waals surface area contributed by atoms with Gasteiger partial charge in [0.05, 0.1) is 4.90 Å². The summed E-state index contributed by atoms with van der Waals surface area (Å²) in [4.78, 5) is 2.62. The standard InChI is InChI=1S/C18H21BrN2O2S/c1-14-5-3-7-17(11-14)21-10-9-20(13-15(21)2)24(22,23)18-8-4-6-16(19)12-18/h3-8,11-12,15H,9-10,13H2,1-2H3. The van der Waals surface area contributed by atoms with Crippen LogP contribution in [0.5, 0.6) is 0 Å². The molecule has 0 radical (unpaired) electrons. The third-order valence-electron chi connectivity index (χ3n) is 4.36. The number of anilines is 1. The van der Waals surface area contributed by atoms with Crippen LogP contribution >= 0.6 is 15.9 Å². The topological polar surface area (TPSA) is 40.6 Å². The third-order valence-corrected chi connectivity index (χ3v) is 6.71. The van der Waals surface area contributed by atoms with Crippen molar-refractivity contribution in [2.75, 3.05) is 24.5 Å². The molecule has 1 aliphatic heterocycles. The minimum absolute atomic E-state index is 0.127. The van der Waals surface area contributed by atoms with Crippen LogP contribution in [0.4, 0.5) is 5.69 Å². The van der Waals surface area contributed by atoms with Crippen LogP contribution in [0.1, 0.15) is 12.5 Å². The lowest BCUT2D eigenvalue weighted by atomic mass is 10.1. The van der Waals surface area contributed by atoms with Crippen molar-refractivity contribution in [3.05, 3.63) is 58.6 Å². The highest BCUT2D eigenvalue weighted by Crippen LogP contribution is 2.26. The lowest BCUT2D eigenvalue weighted by Gasteiger charge is -2.40. The Kier molecular flexibility index (Phi) is 4.99. The smallest absolute Gasteiger partial charge is 0.243 e. The molecule has 1 fully saturated rings. The zero-order valence-electron chi connectivity index (χ0n) is 13.8. The minimum atomic E-state index is -3.45. The SMILES string of the molecule is Cc1cccc(N2CCN(S(=O)(=O)c3cccc(Br)c3)CC2C)c1. The van der Waals surface area contributed by atoms with Gasteiger partial charge in [-0.15, -0.1) is 0 Å². The van der Waals surface area contributed by atoms with E-state index in [1.165, 1.54) is 5.56 Å². The maximum absolute atomic E-state index is 12.9. The molecule has 0 aliphatic carbocycles. The van der Waals surface area contributed by atoms with E-state index in [1.54, 1.807) is 22.5 Å². The summed E-state index contributed by atoms with van der Waals surface area (Å²) in [6.07, 6.45) is 0. The predicted molar refractivity (Wildman–Crippen MR) is 101 cm³/mol. The van der Waals surface area contributed by atoms with Gasteiger partial charge in [0.2, 0.25) is 10.0 Å². The molecule has 2 aromatic rings. The maximum Gasteiger partial charge on any atom is 0.243 e. The number of benzene rings is 2. The van der Waals surface area contributed by atoms with E-state index in [0.29, 0.717) is 24.5 Å². The molecule has 0 bridgehead atoms. The second-order valence-electron chi connectivity index (χ2n) is 6.20. The summed E-state index contributed by atoms with van der Waals surface area (Å²) in [5, 5.41) is 0. The summed E-state index contributed by atoms with van der Waals surface area (Å²) in [5.41, 5.74) is 2.37. The van der Waals surface area contributed by atoms with Gasteiger partial charge in [-0.25, -0.2) is 8.42 Å². The molecule has 24 heavy (non-hydrogen) atoms. The molecule has 0 aromatic heterocycles. The normalized spacial score (nSPS) is 19.5. The van der Waals surface area contributed by atoms with Crippen molar-refractivity contribution in [1.82, 2.24) is 4.31 Å². The molecule has 0 saturated carbocycles. The molecule has 0 N–H and O–H groups in total. The van der Waals surface area contributed by atoms with Crippen molar-refractivity contribution in [3.63, 3.8) is 0 Å². The monoisotopic (exact) mass is 408 g/mol. The Morgan fingerprint density at radius 2 is 1.83 bits per heavy atom. The molecule has 0 amide bonds. The Bertz CT molecular complexity index is 838. The first-order valence-corrected chi connectivity index (χ1v) is 10.2. The summed E-state index contributed by atoms with van der Waals surface area (Å²) in [5.74, 6) is 0. The van der Waals surface area contributed by atoms with Crippen LogP contribution in [-0.4, -0.2) is 38.4 Å². The fourth-order valence-electron chi connectivity index (χ4n) is 3.11. The Labute approximate surface area is 152 Å². The average molecular weight is 409 g/mol. The Hall–Kier alpha value is -1.37. The molecule has 1 heterocycles. The number of aryl methyl sites for hydroxylation is 1. The lowest BCUT2D eigenvalue weighted by molar-refractivity contribution is 0.342. The molecule has 1 atom stereocenters. The van der Waals surface area contributed by atoms with Gasteiger partial charge in [0.25, 0.3) is 0 Å². The summed E-state index contributed by atoms with van der Waals surface area (Å²) in [7, 11) is -3.45. The number of piperazine rings is 1. The number of halogens is 1. The first kappa shape index (κ1) is 17.5. The van der Waals surface area contributed by atoms with Crippen molar-refractivity contribution >= 4 is 31.6 Å². The van der Waals surface area contributed by atoms with Crippen molar-refractivity contribution < 1.29 is 8.42 Å². The van der Waals surface area contributed by atoms with E-state index in [-0.39, 0.29) is 6.04 Å². The van der Waals surface area contributed by atoms with Crippen LogP contribution in [-0.2, 0) is 10.0 Å². The van der Waals surface area contributed by atoms with Crippen molar-refractivity contribution in [1.29, 1.82) is 0 Å². The molecule has 4 nitrogen and oxygen atoms in total. The molecule has 1 aliphatic rings. The van der Waals surface area contributed by atoms with Gasteiger partial charge in [0.1, 0.15) is 0 Å². The van der Waals surface area contributed by atoms with Gasteiger partial charge in [-0.3, -0.25) is 0 Å². The number of hydrogen-bond donors (Lipinski definition) is 0. The average Bonchev–Trinajstić information content (AvgIpc) is 2.54. The largest absolute Gasteiger partial charge is 0.366 e. The molecular formula is C18H21BrN2O2S. The highest BCUT2D eigenvalue weighted by molar-refractivity contribution is 9.10. The molecular weight excluding hydrogens is 388 g/mol. The number of sulfonamides is 1. The van der Waals surface area contributed by atoms with Crippen LogP contribution in [0.25, 0.3) is 0 Å². The van der Waals surface area contributed by atoms with Crippen molar-refractivity contribution in [2.24, 2.45) is 0 Å². The third kappa shape index (κ3) is 3.50. The van der Waals surface area contributed by atoms with Gasteiger partial charge in [-0.05, 0) is 49.7 Å². The maximum atomic E-state index is 12.9. The number of rotatable bonds is 3. The van der Waals surface area contributed by atoms with Gasteiger partial charge >= 0.3 is 0 Å². The zero-order chi connectivity index (χ0) is 17.3. The molecule has 128 valence electrons. The molecule has 0 spiro atoms. The summed E-state index contributed by atoms with van der Waals surface area (Å²) in [6, 6.07) is 15.4. The lowest BCUT2D eigenvalue weighted by Crippen LogP contribution is -2.53. The fraction of sp³-hybridized carbons (Fsp3) is 0.333. The molecule has 3 rings (SSSR count). The van der Waals surface area contributed by atoms with E-state index in [4.69, 9.17) is 0 Å². The van der Waals surface area contributed by atoms with Gasteiger partial charge < -0.3 is 4.90 Å². The molecule has 1 unspecified atom stereocenters. The van der Waals surface area contributed by atoms with Gasteiger partial charge in [-0.1, -0.05) is 34.1 Å². The predicted octanol–water partition coefficient (Wildman–Crippen LogP) is 3.66. The highest BCUT2D eigenvalue weighted by Gasteiger charge is 2.32. The van der Waals surface area contributed by atoms with Crippen LogP contribution in [0, 0.1) is 6.92 Å². The number of nitrogens with zero attached hydrogens (tertiary/aromatic N) is 2. The summed E-state index contributed by atoms with van der Waals surface area (Å²) in [6.45, 7) is 5.82. The van der Waals surface area contributed by atoms with Crippen molar-refractivity contribution in [3.8, 4) is 0 Å². The summed E-state index contributed by atoms with van der Waals surface area (Å²) >= 11 is 3.35. The Morgan fingerprint density at radius 1 is 1.08 bits per heavy atom. The first-order chi connectivity index (χ1) is 11.4. The van der Waals surface area contributed by atoms with Gasteiger partial charge in [0, 0.05) is 35.8 Å². The van der Waals surface area contributed by atoms with Crippen LogP contribution in [0.2, 0.25) is 0 Å². The first-order valence-electron chi connectivity index (χ1n) is 7.97. The molecule has 1 saturated heterocycles. The second kappa shape index (κ2) is 6.86. The fourth-order valence-corrected chi connectivity index (χ4v) is 5.22. The Balaban J connectivity index is 1.80. The van der Waals surface area contributed by atoms with Crippen LogP contribution < -0.4 is 4.90 Å². The number of hydrogen-bond acceptors (Lipinski definition) is 3. The quantitative estimate of drug-likeness (QED) is 0.777. The van der Waals surface area contributed by atoms with E-state index in [1.807, 2.05) is 12.1 Å². The van der Waals surface area contributed by atoms with E-state index in [2.05, 4.69) is 52.9 Å². The van der Waals surface area contributed by atoms with E-state index < -0.39 is 10.0 Å². The van der Waals surface area contributed by atoms with Crippen LogP contribution in [0.15, 0.2) is 57.9 Å². The summed E-state index contributed by atoms with van der Waals surface area (Å²) < 4.78 is 28.1. The van der Waals surface area contributed by atoms with Gasteiger partial charge in [-0.2, -0.15) is 4.31 Å². The van der Waals surface area contributed by atoms with Crippen molar-refractivity contribution in [2.45, 2.75) is 24.8 Å². The minimum Gasteiger partial charge on any atom is -0.366 e. The second-order valence-corrected chi connectivity index (χ2v) is 9.06. The Morgan fingerprint density at radius 3 is 2.50 bits per heavy atom. The molecule has 6 heteroatoms. The van der Waals surface area contributed by atoms with E-state index >= 15 is 0 Å². The van der Waals surface area contributed by atoms with Gasteiger partial charge in [0.15, 0.2) is 0 Å². The highest BCUT2D eigenvalue weighted by atomic mass is 79.9. The zero-order valence-corrected chi connectivity index (χ0v) is 16.2. The van der Waals surface area contributed by atoms with E-state index in [9.17, 15) is 8.42 Å². The molecule has 2 aromatic carbocycles.